The van der Waals surface area contributed by atoms with Gasteiger partial charge in [-0.2, -0.15) is 0 Å². The second-order valence-corrected chi connectivity index (χ2v) is 5.84. The average molecular weight is 315 g/mol. The van der Waals surface area contributed by atoms with Gasteiger partial charge in [0.25, 0.3) is 0 Å². The van der Waals surface area contributed by atoms with Crippen LogP contribution in [0.3, 0.4) is 0 Å². The minimum Gasteiger partial charge on any atom is -0.463 e. The Morgan fingerprint density at radius 3 is 2.61 bits per heavy atom. The third-order valence-corrected chi connectivity index (χ3v) is 4.18. The summed E-state index contributed by atoms with van der Waals surface area (Å²) in [7, 11) is 3.96. The summed E-state index contributed by atoms with van der Waals surface area (Å²) in [5.74, 6) is -0.351. The van der Waals surface area contributed by atoms with Crippen molar-refractivity contribution in [2.45, 2.75) is 19.4 Å². The molecular formula is C17H21N3O3. The number of amides is 1. The molecular weight excluding hydrogens is 294 g/mol. The molecule has 6 heteroatoms. The summed E-state index contributed by atoms with van der Waals surface area (Å²) in [4.78, 5) is 26.3. The first-order chi connectivity index (χ1) is 11.0. The lowest BCUT2D eigenvalue weighted by Gasteiger charge is -2.26. The number of esters is 1. The van der Waals surface area contributed by atoms with E-state index in [1.165, 1.54) is 0 Å². The smallest absolute Gasteiger partial charge is 0.337 e. The van der Waals surface area contributed by atoms with E-state index in [1.807, 2.05) is 48.3 Å². The van der Waals surface area contributed by atoms with Crippen LogP contribution in [-0.4, -0.2) is 49.1 Å². The Morgan fingerprint density at radius 1 is 1.30 bits per heavy atom. The molecule has 0 aromatic heterocycles. The van der Waals surface area contributed by atoms with Gasteiger partial charge in [-0.3, -0.25) is 4.79 Å². The van der Waals surface area contributed by atoms with Crippen molar-refractivity contribution in [2.75, 3.05) is 32.1 Å². The van der Waals surface area contributed by atoms with Crippen molar-refractivity contribution in [1.29, 1.82) is 0 Å². The Kier molecular flexibility index (Phi) is 4.09. The molecule has 0 radical (unpaired) electrons. The molecule has 2 heterocycles. The zero-order chi connectivity index (χ0) is 16.6. The number of hydrazine groups is 1. The molecule has 1 atom stereocenters. The third kappa shape index (κ3) is 2.70. The van der Waals surface area contributed by atoms with Gasteiger partial charge in [0.2, 0.25) is 5.91 Å². The molecule has 0 bridgehead atoms. The lowest BCUT2D eigenvalue weighted by atomic mass is 9.99. The van der Waals surface area contributed by atoms with Crippen LogP contribution in [0.25, 0.3) is 0 Å². The van der Waals surface area contributed by atoms with Gasteiger partial charge in [0.1, 0.15) is 0 Å². The Hall–Kier alpha value is -2.34. The van der Waals surface area contributed by atoms with Crippen LogP contribution in [0.1, 0.15) is 24.9 Å². The van der Waals surface area contributed by atoms with E-state index in [2.05, 4.69) is 0 Å². The van der Waals surface area contributed by atoms with Gasteiger partial charge in [-0.05, 0) is 24.6 Å². The molecule has 1 aromatic carbocycles. The van der Waals surface area contributed by atoms with Crippen LogP contribution in [-0.2, 0) is 14.3 Å². The molecule has 1 aromatic rings. The number of ether oxygens (including phenoxy) is 1. The topological polar surface area (TPSA) is 53.1 Å². The molecule has 6 nitrogen and oxygen atoms in total. The predicted molar refractivity (Wildman–Crippen MR) is 86.4 cm³/mol. The zero-order valence-corrected chi connectivity index (χ0v) is 13.7. The SMILES string of the molecule is CCOC(=O)C1=CN2C(=O)CCN2C1c1ccc(N(C)C)cc1. The Labute approximate surface area is 135 Å². The van der Waals surface area contributed by atoms with Crippen molar-refractivity contribution in [3.8, 4) is 0 Å². The van der Waals surface area contributed by atoms with Gasteiger partial charge in [0.15, 0.2) is 0 Å². The molecule has 0 N–H and O–H groups in total. The van der Waals surface area contributed by atoms with Gasteiger partial charge < -0.3 is 9.64 Å². The van der Waals surface area contributed by atoms with Gasteiger partial charge in [-0.15, -0.1) is 0 Å². The third-order valence-electron chi connectivity index (χ3n) is 4.18. The highest BCUT2D eigenvalue weighted by atomic mass is 16.5. The minimum absolute atomic E-state index is 0.0132. The number of rotatable bonds is 4. The second kappa shape index (κ2) is 6.04. The van der Waals surface area contributed by atoms with Crippen molar-refractivity contribution in [3.63, 3.8) is 0 Å². The summed E-state index contributed by atoms with van der Waals surface area (Å²) in [6.45, 7) is 2.70. The average Bonchev–Trinajstić information content (AvgIpc) is 3.08. The number of hydrogen-bond donors (Lipinski definition) is 0. The largest absolute Gasteiger partial charge is 0.463 e. The maximum Gasteiger partial charge on any atom is 0.337 e. The molecule has 0 spiro atoms. The van der Waals surface area contributed by atoms with Crippen LogP contribution >= 0.6 is 0 Å². The fourth-order valence-electron chi connectivity index (χ4n) is 3.02. The quantitative estimate of drug-likeness (QED) is 0.792. The zero-order valence-electron chi connectivity index (χ0n) is 13.7. The van der Waals surface area contributed by atoms with E-state index >= 15 is 0 Å². The Bertz CT molecular complexity index is 652. The fourth-order valence-corrected chi connectivity index (χ4v) is 3.02. The Morgan fingerprint density at radius 2 is 2.00 bits per heavy atom. The summed E-state index contributed by atoms with van der Waals surface area (Å²) < 4.78 is 5.16. The highest BCUT2D eigenvalue weighted by Gasteiger charge is 2.44. The van der Waals surface area contributed by atoms with E-state index in [-0.39, 0.29) is 17.9 Å². The van der Waals surface area contributed by atoms with Crippen LogP contribution in [0, 0.1) is 0 Å². The maximum absolute atomic E-state index is 12.3. The summed E-state index contributed by atoms with van der Waals surface area (Å²) in [5, 5.41) is 3.48. The molecule has 2 aliphatic heterocycles. The lowest BCUT2D eigenvalue weighted by Crippen LogP contribution is -2.33. The van der Waals surface area contributed by atoms with E-state index in [1.54, 1.807) is 18.1 Å². The maximum atomic E-state index is 12.3. The van der Waals surface area contributed by atoms with Crippen LogP contribution in [0.2, 0.25) is 0 Å². The minimum atomic E-state index is -0.364. The number of fused-ring (bicyclic) bond motifs is 1. The van der Waals surface area contributed by atoms with E-state index < -0.39 is 0 Å². The highest BCUT2D eigenvalue weighted by molar-refractivity contribution is 5.92. The summed E-state index contributed by atoms with van der Waals surface area (Å²) in [6.07, 6.45) is 2.09. The molecule has 23 heavy (non-hydrogen) atoms. The van der Waals surface area contributed by atoms with Gasteiger partial charge in [0.05, 0.1) is 18.2 Å². The first-order valence-electron chi connectivity index (χ1n) is 7.77. The van der Waals surface area contributed by atoms with E-state index in [9.17, 15) is 9.59 Å². The number of anilines is 1. The van der Waals surface area contributed by atoms with Gasteiger partial charge in [-0.25, -0.2) is 14.8 Å². The highest BCUT2D eigenvalue weighted by Crippen LogP contribution is 2.39. The predicted octanol–water partition coefficient (Wildman–Crippen LogP) is 1.70. The molecule has 2 aliphatic rings. The first kappa shape index (κ1) is 15.6. The fraction of sp³-hybridized carbons (Fsp3) is 0.412. The molecule has 1 unspecified atom stereocenters. The van der Waals surface area contributed by atoms with Crippen LogP contribution < -0.4 is 4.90 Å². The first-order valence-corrected chi connectivity index (χ1v) is 7.77. The van der Waals surface area contributed by atoms with Gasteiger partial charge in [-0.1, -0.05) is 12.1 Å². The van der Waals surface area contributed by atoms with E-state index in [0.29, 0.717) is 25.1 Å². The molecule has 122 valence electrons. The van der Waals surface area contributed by atoms with Crippen molar-refractivity contribution < 1.29 is 14.3 Å². The molecule has 0 saturated carbocycles. The summed E-state index contributed by atoms with van der Waals surface area (Å²) >= 11 is 0. The Balaban J connectivity index is 1.95. The summed E-state index contributed by atoms with van der Waals surface area (Å²) in [5.41, 5.74) is 2.58. The monoisotopic (exact) mass is 315 g/mol. The van der Waals surface area contributed by atoms with Crippen molar-refractivity contribution >= 4 is 17.6 Å². The van der Waals surface area contributed by atoms with E-state index in [0.717, 1.165) is 11.3 Å². The molecule has 1 amide bonds. The molecule has 1 saturated heterocycles. The number of nitrogens with zero attached hydrogens (tertiary/aromatic N) is 3. The summed E-state index contributed by atoms with van der Waals surface area (Å²) in [6, 6.07) is 7.76. The van der Waals surface area contributed by atoms with Crippen molar-refractivity contribution in [1.82, 2.24) is 10.0 Å². The van der Waals surface area contributed by atoms with Crippen LogP contribution in [0.4, 0.5) is 5.69 Å². The van der Waals surface area contributed by atoms with Crippen molar-refractivity contribution in [2.24, 2.45) is 0 Å². The second-order valence-electron chi connectivity index (χ2n) is 5.84. The van der Waals surface area contributed by atoms with Gasteiger partial charge in [0, 0.05) is 38.9 Å². The van der Waals surface area contributed by atoms with Gasteiger partial charge >= 0.3 is 5.97 Å². The van der Waals surface area contributed by atoms with E-state index in [4.69, 9.17) is 4.74 Å². The van der Waals surface area contributed by atoms with Crippen LogP contribution in [0.5, 0.6) is 0 Å². The number of hydrogen-bond acceptors (Lipinski definition) is 5. The van der Waals surface area contributed by atoms with Crippen molar-refractivity contribution in [3.05, 3.63) is 41.6 Å². The number of carbonyl (C=O) groups is 2. The lowest BCUT2D eigenvalue weighted by molar-refractivity contribution is -0.139. The normalized spacial score (nSPS) is 20.5. The molecule has 3 rings (SSSR count). The van der Waals surface area contributed by atoms with Crippen LogP contribution in [0.15, 0.2) is 36.0 Å². The molecule has 1 fully saturated rings. The number of carbonyl (C=O) groups excluding carboxylic acids is 2. The number of benzene rings is 1. The standard InChI is InChI=1S/C17H21N3O3/c1-4-23-17(22)14-11-20-15(21)9-10-19(20)16(14)12-5-7-13(8-6-12)18(2)3/h5-8,11,16H,4,9-10H2,1-3H3. The molecule has 0 aliphatic carbocycles.